The molecule has 3 aromatic heterocycles. The Morgan fingerprint density at radius 3 is 2.81 bits per heavy atom. The van der Waals surface area contributed by atoms with Crippen molar-refractivity contribution in [1.82, 2.24) is 24.6 Å². The van der Waals surface area contributed by atoms with Crippen LogP contribution >= 0.6 is 0 Å². The number of alkyl halides is 3. The van der Waals surface area contributed by atoms with Crippen LogP contribution in [-0.4, -0.2) is 63.0 Å². The summed E-state index contributed by atoms with van der Waals surface area (Å²) < 4.78 is 58.8. The Morgan fingerprint density at radius 1 is 1.19 bits per heavy atom. The molecule has 3 aromatic rings. The van der Waals surface area contributed by atoms with Gasteiger partial charge in [-0.15, -0.1) is 0 Å². The number of fused-ring (bicyclic) bond motifs is 1. The van der Waals surface area contributed by atoms with Crippen molar-refractivity contribution in [3.8, 4) is 0 Å². The smallest absolute Gasteiger partial charge is 0.380 e. The zero-order valence-corrected chi connectivity index (χ0v) is 16.2. The summed E-state index contributed by atoms with van der Waals surface area (Å²) in [5.74, 6) is -0.868. The highest BCUT2D eigenvalue weighted by Gasteiger charge is 2.30. The quantitative estimate of drug-likeness (QED) is 0.630. The number of pyridine rings is 2. The van der Waals surface area contributed by atoms with Gasteiger partial charge in [-0.25, -0.2) is 9.37 Å². The summed E-state index contributed by atoms with van der Waals surface area (Å²) in [5.41, 5.74) is 0.0776. The minimum atomic E-state index is -4.54. The Morgan fingerprint density at radius 2 is 2.03 bits per heavy atom. The molecule has 1 amide bonds. The average Bonchev–Trinajstić information content (AvgIpc) is 2.89. The Bertz CT molecular complexity index is 1090. The zero-order chi connectivity index (χ0) is 22.0. The predicted octanol–water partition coefficient (Wildman–Crippen LogP) is 3.13. The molecule has 1 saturated heterocycles. The third-order valence-corrected chi connectivity index (χ3v) is 4.66. The molecule has 1 N–H and O–H groups in total. The highest BCUT2D eigenvalue weighted by Crippen LogP contribution is 2.28. The number of carbonyl (C=O) groups excluding carboxylic acids is 1. The zero-order valence-electron chi connectivity index (χ0n) is 16.2. The largest absolute Gasteiger partial charge is 0.408 e. The minimum Gasteiger partial charge on any atom is -0.380 e. The fourth-order valence-corrected chi connectivity index (χ4v) is 3.27. The summed E-state index contributed by atoms with van der Waals surface area (Å²) in [7, 11) is 0. The van der Waals surface area contributed by atoms with Crippen LogP contribution in [0.4, 0.5) is 29.2 Å². The summed E-state index contributed by atoms with van der Waals surface area (Å²) in [6, 6.07) is 3.51. The number of hydrogen-bond donors (Lipinski definition) is 1. The highest BCUT2D eigenvalue weighted by molar-refractivity contribution is 5.98. The normalized spacial score (nSPS) is 15.2. The number of nitrogens with zero attached hydrogens (tertiary/aromatic N) is 5. The van der Waals surface area contributed by atoms with Crippen molar-refractivity contribution >= 4 is 28.4 Å². The van der Waals surface area contributed by atoms with Crippen LogP contribution in [0.3, 0.4) is 0 Å². The van der Waals surface area contributed by atoms with Gasteiger partial charge in [0, 0.05) is 38.2 Å². The molecule has 31 heavy (non-hydrogen) atoms. The molecule has 0 aromatic carbocycles. The molecule has 4 heterocycles. The molecule has 164 valence electrons. The van der Waals surface area contributed by atoms with Gasteiger partial charge >= 0.3 is 6.18 Å². The van der Waals surface area contributed by atoms with Crippen LogP contribution in [-0.2, 0) is 11.3 Å². The Hall–Kier alpha value is -3.28. The van der Waals surface area contributed by atoms with Crippen molar-refractivity contribution in [2.75, 3.05) is 31.6 Å². The molecule has 0 unspecified atom stereocenters. The number of amides is 1. The Kier molecular flexibility index (Phi) is 5.72. The van der Waals surface area contributed by atoms with Crippen molar-refractivity contribution in [3.63, 3.8) is 0 Å². The van der Waals surface area contributed by atoms with Gasteiger partial charge in [0.25, 0.3) is 5.91 Å². The van der Waals surface area contributed by atoms with Crippen LogP contribution in [0, 0.1) is 5.82 Å². The van der Waals surface area contributed by atoms with Gasteiger partial charge in [0.05, 0.1) is 17.5 Å². The number of rotatable bonds is 4. The Balaban J connectivity index is 1.72. The second-order valence-corrected chi connectivity index (χ2v) is 6.95. The number of ether oxygens (including phenoxy) is 1. The molecule has 0 spiro atoms. The molecule has 12 heteroatoms. The third kappa shape index (κ3) is 4.90. The average molecular weight is 438 g/mol. The van der Waals surface area contributed by atoms with E-state index in [0.29, 0.717) is 32.7 Å². The topological polar surface area (TPSA) is 85.2 Å². The number of carbonyl (C=O) groups is 1. The van der Waals surface area contributed by atoms with Gasteiger partial charge in [-0.1, -0.05) is 0 Å². The summed E-state index contributed by atoms with van der Waals surface area (Å²) in [4.78, 5) is 22.4. The van der Waals surface area contributed by atoms with Crippen molar-refractivity contribution in [1.29, 1.82) is 0 Å². The summed E-state index contributed by atoms with van der Waals surface area (Å²) in [6.07, 6.45) is -1.39. The lowest BCUT2D eigenvalue weighted by Crippen LogP contribution is -2.33. The first kappa shape index (κ1) is 21.0. The first-order valence-corrected chi connectivity index (χ1v) is 9.49. The van der Waals surface area contributed by atoms with E-state index in [1.54, 1.807) is 4.90 Å². The van der Waals surface area contributed by atoms with Crippen LogP contribution in [0.1, 0.15) is 16.9 Å². The van der Waals surface area contributed by atoms with E-state index < -0.39 is 24.4 Å². The maximum atomic E-state index is 13.4. The predicted molar refractivity (Wildman–Crippen MR) is 102 cm³/mol. The van der Waals surface area contributed by atoms with Crippen LogP contribution in [0.25, 0.3) is 10.9 Å². The van der Waals surface area contributed by atoms with Gasteiger partial charge in [0.15, 0.2) is 5.82 Å². The fourth-order valence-electron chi connectivity index (χ4n) is 3.27. The second-order valence-electron chi connectivity index (χ2n) is 6.95. The number of hydrogen-bond acceptors (Lipinski definition) is 6. The molecule has 1 aliphatic heterocycles. The van der Waals surface area contributed by atoms with Crippen LogP contribution in [0.15, 0.2) is 30.6 Å². The number of aromatic nitrogens is 4. The van der Waals surface area contributed by atoms with E-state index in [1.807, 2.05) is 0 Å². The summed E-state index contributed by atoms with van der Waals surface area (Å²) in [5, 5.41) is 6.92. The summed E-state index contributed by atoms with van der Waals surface area (Å²) >= 11 is 0. The van der Waals surface area contributed by atoms with Crippen LogP contribution in [0.2, 0.25) is 0 Å². The number of nitrogens with one attached hydrogen (secondary N) is 1. The molecular formula is C19H18F4N6O2. The lowest BCUT2D eigenvalue weighted by molar-refractivity contribution is -0.141. The third-order valence-electron chi connectivity index (χ3n) is 4.66. The van der Waals surface area contributed by atoms with Crippen molar-refractivity contribution < 1.29 is 27.1 Å². The number of halogens is 4. The fraction of sp³-hybridized carbons (Fsp3) is 0.368. The molecule has 8 nitrogen and oxygen atoms in total. The first-order valence-electron chi connectivity index (χ1n) is 9.49. The van der Waals surface area contributed by atoms with Crippen molar-refractivity contribution in [2.24, 2.45) is 0 Å². The molecule has 1 fully saturated rings. The lowest BCUT2D eigenvalue weighted by atomic mass is 10.2. The SMILES string of the molecule is O=C(c1cc2c(cn1)c(Nc1cc(F)ccn1)nn2CC(F)(F)F)N1CCCOCC1. The van der Waals surface area contributed by atoms with Gasteiger partial charge in [-0.05, 0) is 18.6 Å². The summed E-state index contributed by atoms with van der Waals surface area (Å²) in [6.45, 7) is 0.403. The van der Waals surface area contributed by atoms with Crippen molar-refractivity contribution in [3.05, 3.63) is 42.1 Å². The monoisotopic (exact) mass is 438 g/mol. The van der Waals surface area contributed by atoms with E-state index in [2.05, 4.69) is 20.4 Å². The molecular weight excluding hydrogens is 420 g/mol. The Labute approximate surface area is 173 Å². The van der Waals surface area contributed by atoms with Gasteiger partial charge in [0.1, 0.15) is 23.9 Å². The van der Waals surface area contributed by atoms with E-state index in [0.717, 1.165) is 16.8 Å². The molecule has 0 saturated carbocycles. The minimum absolute atomic E-state index is 0.00755. The van der Waals surface area contributed by atoms with Gasteiger partial charge in [0.2, 0.25) is 0 Å². The van der Waals surface area contributed by atoms with E-state index in [-0.39, 0.29) is 28.2 Å². The molecule has 0 bridgehead atoms. The standard InChI is InChI=1S/C19H18F4N6O2/c20-12-2-3-24-16(8-12)26-17-13-10-25-14(18(30)28-4-1-6-31-7-5-28)9-15(13)29(27-17)11-19(21,22)23/h2-3,8-10H,1,4-7,11H2,(H,24,26,27). The number of anilines is 2. The lowest BCUT2D eigenvalue weighted by Gasteiger charge is -2.19. The molecule has 0 aliphatic carbocycles. The van der Waals surface area contributed by atoms with Crippen molar-refractivity contribution in [2.45, 2.75) is 19.1 Å². The molecule has 0 atom stereocenters. The van der Waals surface area contributed by atoms with Gasteiger partial charge < -0.3 is 15.0 Å². The molecule has 4 rings (SSSR count). The van der Waals surface area contributed by atoms with Crippen LogP contribution in [0.5, 0.6) is 0 Å². The molecule has 1 aliphatic rings. The van der Waals surface area contributed by atoms with E-state index >= 15 is 0 Å². The van der Waals surface area contributed by atoms with Gasteiger partial charge in [-0.3, -0.25) is 14.5 Å². The van der Waals surface area contributed by atoms with E-state index in [4.69, 9.17) is 4.74 Å². The molecule has 0 radical (unpaired) electrons. The maximum absolute atomic E-state index is 13.4. The van der Waals surface area contributed by atoms with E-state index in [9.17, 15) is 22.4 Å². The van der Waals surface area contributed by atoms with E-state index in [1.165, 1.54) is 18.5 Å². The maximum Gasteiger partial charge on any atom is 0.408 e. The first-order chi connectivity index (χ1) is 14.8. The second kappa shape index (κ2) is 8.46. The van der Waals surface area contributed by atoms with Gasteiger partial charge in [-0.2, -0.15) is 18.3 Å². The van der Waals surface area contributed by atoms with Crippen LogP contribution < -0.4 is 5.32 Å². The highest BCUT2D eigenvalue weighted by atomic mass is 19.4.